The van der Waals surface area contributed by atoms with E-state index in [1.165, 1.54) is 9.80 Å². The number of Topliss-reactive ketones (excluding diaryl/α,β-unsaturated/α-hetero) is 5. The number of nitrogens with one attached hydrogen (secondary N) is 1. The Morgan fingerprint density at radius 3 is 1.31 bits per heavy atom. The highest BCUT2D eigenvalue weighted by Crippen LogP contribution is 2.38. The Labute approximate surface area is 667 Å². The first kappa shape index (κ1) is 88.3. The van der Waals surface area contributed by atoms with E-state index in [1.54, 1.807) is 121 Å². The quantitative estimate of drug-likeness (QED) is 0.0567. The number of fused-ring (bicyclic) bond motifs is 5. The molecule has 8 aliphatic rings. The summed E-state index contributed by atoms with van der Waals surface area (Å²) in [7, 11) is 5.38. The number of imide groups is 1. The molecule has 7 aliphatic heterocycles. The molecule has 574 valence electrons. The second-order valence-electron chi connectivity index (χ2n) is 27.1. The zero-order valence-electron chi connectivity index (χ0n) is 65.7. The number of thiocarbonyl (C=S) groups is 3. The monoisotopic (exact) mass is 1580 g/mol. The molecule has 5 amide bonds. The van der Waals surface area contributed by atoms with Crippen LogP contribution in [0.2, 0.25) is 0 Å². The number of nitrogens with zero attached hydrogens (tertiary/aromatic N) is 5. The van der Waals surface area contributed by atoms with Crippen molar-refractivity contribution in [3.8, 4) is 5.75 Å². The first-order chi connectivity index (χ1) is 51.7. The summed E-state index contributed by atoms with van der Waals surface area (Å²) in [5.74, 6) is -1.29. The van der Waals surface area contributed by atoms with Gasteiger partial charge < -0.3 is 24.6 Å². The molecule has 0 unspecified atom stereocenters. The third-order valence-electron chi connectivity index (χ3n) is 17.3. The number of allylic oxidation sites excluding steroid dienone is 10. The number of para-hydroxylation sites is 3. The van der Waals surface area contributed by atoms with Crippen molar-refractivity contribution in [2.24, 2.45) is 0 Å². The van der Waals surface area contributed by atoms with Gasteiger partial charge in [0.15, 0.2) is 11.6 Å². The van der Waals surface area contributed by atoms with E-state index in [9.17, 15) is 57.5 Å². The van der Waals surface area contributed by atoms with Gasteiger partial charge >= 0.3 is 18.0 Å². The van der Waals surface area contributed by atoms with Crippen LogP contribution in [0.1, 0.15) is 182 Å². The number of ether oxygens (including phenoxy) is 2. The minimum atomic E-state index is -0.557. The normalized spacial score (nSPS) is 15.7. The number of anilines is 2. The Morgan fingerprint density at radius 1 is 0.409 bits per heavy atom. The van der Waals surface area contributed by atoms with E-state index in [4.69, 9.17) is 29.2 Å². The van der Waals surface area contributed by atoms with Crippen molar-refractivity contribution in [3.63, 3.8) is 0 Å². The number of thioether (sulfide) groups is 2. The molecule has 13 rings (SSSR count). The van der Waals surface area contributed by atoms with Gasteiger partial charge in [0, 0.05) is 78.2 Å². The van der Waals surface area contributed by atoms with Crippen LogP contribution in [0.25, 0.3) is 0 Å². The fraction of sp³-hybridized carbons (Fsp3) is 0.282. The third-order valence-corrected chi connectivity index (χ3v) is 20.4. The number of cyclic esters (lactones) is 1. The number of rotatable bonds is 2. The van der Waals surface area contributed by atoms with Gasteiger partial charge in [-0.3, -0.25) is 57.9 Å². The lowest BCUT2D eigenvalue weighted by Crippen LogP contribution is -2.37. The van der Waals surface area contributed by atoms with Gasteiger partial charge in [0.1, 0.15) is 22.0 Å². The van der Waals surface area contributed by atoms with Gasteiger partial charge in [-0.05, 0) is 231 Å². The highest BCUT2D eigenvalue weighted by molar-refractivity contribution is 8.18. The van der Waals surface area contributed by atoms with Crippen LogP contribution in [0.15, 0.2) is 215 Å². The maximum Gasteiger partial charge on any atom is 0.362 e. The number of likely N-dealkylation sites (N-methyl/N-ethyl adjacent to an activating group) is 5. The summed E-state index contributed by atoms with van der Waals surface area (Å²) in [4.78, 5) is 151. The van der Waals surface area contributed by atoms with Gasteiger partial charge in [-0.2, -0.15) is 0 Å². The van der Waals surface area contributed by atoms with Gasteiger partial charge in [-0.1, -0.05) is 125 Å². The second kappa shape index (κ2) is 38.7. The molecule has 0 aromatic heterocycles. The maximum absolute atomic E-state index is 12.1. The molecule has 0 atom stereocenters. The molecule has 7 heterocycles. The van der Waals surface area contributed by atoms with Crippen LogP contribution in [-0.2, 0) is 35.1 Å². The molecular formula is C85H90N6O14S5. The number of hydrogen-bond acceptors (Lipinski definition) is 20. The lowest BCUT2D eigenvalue weighted by Gasteiger charge is -2.27. The number of benzene rings is 5. The second-order valence-corrected chi connectivity index (χ2v) is 30.4. The molecule has 0 radical (unpaired) electrons. The number of urea groups is 1. The average Bonchev–Trinajstić information content (AvgIpc) is 1.66. The largest absolute Gasteiger partial charge is 0.422 e. The zero-order chi connectivity index (χ0) is 82.4. The van der Waals surface area contributed by atoms with Crippen LogP contribution in [0.5, 0.6) is 5.75 Å². The van der Waals surface area contributed by atoms with Crippen molar-refractivity contribution >= 4 is 156 Å². The number of esters is 2. The van der Waals surface area contributed by atoms with E-state index in [2.05, 4.69) is 22.3 Å². The number of carbonyl (C=O) groups is 12. The van der Waals surface area contributed by atoms with Gasteiger partial charge in [0.25, 0.3) is 22.2 Å². The molecule has 110 heavy (non-hydrogen) atoms. The van der Waals surface area contributed by atoms with E-state index >= 15 is 0 Å². The van der Waals surface area contributed by atoms with Crippen molar-refractivity contribution < 1.29 is 67.0 Å². The predicted molar refractivity (Wildman–Crippen MR) is 446 cm³/mol. The molecule has 3 saturated heterocycles. The van der Waals surface area contributed by atoms with Crippen LogP contribution in [0.3, 0.4) is 0 Å². The lowest BCUT2D eigenvalue weighted by molar-refractivity contribution is -0.130. The van der Waals surface area contributed by atoms with Crippen molar-refractivity contribution in [2.75, 3.05) is 44.0 Å². The Kier molecular flexibility index (Phi) is 31.1. The summed E-state index contributed by atoms with van der Waals surface area (Å²) >= 11 is 17.2. The minimum Gasteiger partial charge on any atom is -0.422 e. The molecule has 5 aromatic rings. The van der Waals surface area contributed by atoms with Crippen LogP contribution >= 0.6 is 60.2 Å². The topological polar surface area (TPSA) is 252 Å². The Morgan fingerprint density at radius 2 is 0.864 bits per heavy atom. The van der Waals surface area contributed by atoms with Crippen molar-refractivity contribution in [1.29, 1.82) is 0 Å². The molecule has 0 spiro atoms. The summed E-state index contributed by atoms with van der Waals surface area (Å²) in [5.41, 5.74) is 16.9. The van der Waals surface area contributed by atoms with Gasteiger partial charge in [0.05, 0.1) is 44.4 Å². The Balaban J connectivity index is 0.000000197. The van der Waals surface area contributed by atoms with Gasteiger partial charge in [-0.25, -0.2) is 14.4 Å². The highest BCUT2D eigenvalue weighted by atomic mass is 32.2. The molecule has 3 fully saturated rings. The van der Waals surface area contributed by atoms with E-state index in [0.29, 0.717) is 73.5 Å². The number of carbonyl (C=O) groups excluding carboxylic acids is 12. The summed E-state index contributed by atoms with van der Waals surface area (Å²) in [6, 6.07) is 36.5. The highest BCUT2D eigenvalue weighted by Gasteiger charge is 2.38. The third kappa shape index (κ3) is 20.1. The maximum atomic E-state index is 12.1. The standard InChI is InChI=1S/C13H13NO2.C13H12OS.C12H13NO.C12H10O3.C12H10O2S.C9H14N2OS.C8H11NO2S.C6H7NO2S/c1-8(2)11-12(15)9-6-4-5-7-10(9)14(3)13(11)16;1-8(2)12-11(15)7-9-5-3-4-6-10(9)13(12)14;1-8(2)11-12(14)9-6-4-5-7-10(9)13(11)3;2*1-7(2)10-11(13)8-5-3-4-6-9(8)15-12(10)14;1-5-11-8(13)7(6(2)3)10(4)9(11)12;1-4-9-7(10)6(5(2)3)12-8(9)11;1-3(2)4-5(8)9-6(10)7-4/h4-7H,1-3H3;3-6H,7H2,1-2H3;4-7H,1-3H3;2*3-6H,1-2H3;5H2,1-4H3;4H2,1-3H3;1-2H3,(H,7,10). The van der Waals surface area contributed by atoms with Crippen molar-refractivity contribution in [3.05, 3.63) is 244 Å². The molecule has 0 saturated carbocycles. The van der Waals surface area contributed by atoms with E-state index in [-0.39, 0.29) is 73.8 Å². The van der Waals surface area contributed by atoms with Gasteiger partial charge in [0.2, 0.25) is 22.5 Å². The first-order valence-electron chi connectivity index (χ1n) is 34.9. The fourth-order valence-electron chi connectivity index (χ4n) is 11.9. The Hall–Kier alpha value is -10.6. The molecule has 25 heteroatoms. The molecule has 0 bridgehead atoms. The summed E-state index contributed by atoms with van der Waals surface area (Å²) < 4.78 is 9.62. The molecule has 1 N–H and O–H groups in total. The number of ketones is 5. The Bertz CT molecular complexity index is 4790. The van der Waals surface area contributed by atoms with Crippen LogP contribution < -0.4 is 19.9 Å². The average molecular weight is 1580 g/mol. The molecule has 20 nitrogen and oxygen atoms in total. The van der Waals surface area contributed by atoms with E-state index in [0.717, 1.165) is 118 Å². The zero-order valence-corrected chi connectivity index (χ0v) is 69.7. The van der Waals surface area contributed by atoms with E-state index < -0.39 is 5.97 Å². The van der Waals surface area contributed by atoms with Crippen LogP contribution in [0, 0.1) is 0 Å². The molecule has 1 aliphatic carbocycles. The van der Waals surface area contributed by atoms with Gasteiger partial charge in [-0.15, -0.1) is 0 Å². The van der Waals surface area contributed by atoms with Crippen molar-refractivity contribution in [1.82, 2.24) is 20.0 Å². The summed E-state index contributed by atoms with van der Waals surface area (Å²) in [5, 5.41) is 2.49. The summed E-state index contributed by atoms with van der Waals surface area (Å²) in [6.45, 7) is 34.5. The number of amides is 5. The molecule has 5 aromatic carbocycles. The number of hydrogen-bond donors (Lipinski definition) is 1. The predicted octanol–water partition coefficient (Wildman–Crippen LogP) is 17.6. The van der Waals surface area contributed by atoms with E-state index in [1.807, 2.05) is 161 Å². The smallest absolute Gasteiger partial charge is 0.362 e. The molecular weight excluding hydrogens is 1490 g/mol. The fourth-order valence-corrected chi connectivity index (χ4v) is 15.0. The van der Waals surface area contributed by atoms with Crippen LogP contribution in [-0.4, -0.2) is 133 Å². The van der Waals surface area contributed by atoms with Crippen LogP contribution in [0.4, 0.5) is 21.0 Å². The SMILES string of the molecule is CC(C)=C1C(=O)Oc2ccccc2C1=O.CC(C)=C1C(=O)Sc2ccccc2C1=O.CC(C)=C1C(=O)c2ccccc2CC1=S.CC(C)=C1C(=O)c2ccccc2N(C)C1=O.CC(C)=C1C(=O)c2ccccc2N1C.CC(C)=C1NC(=S)OC1=O.CCN1C(=O)N(C)C(=C(C)C)C1=S.CCN1C(=O)SC(=C(C)C)C1=O. The summed E-state index contributed by atoms with van der Waals surface area (Å²) in [6.07, 6.45) is 0.720. The lowest BCUT2D eigenvalue weighted by atomic mass is 9.85. The first-order valence-corrected chi connectivity index (χ1v) is 37.8. The van der Waals surface area contributed by atoms with Crippen molar-refractivity contribution in [2.45, 2.75) is 136 Å². The minimum absolute atomic E-state index is 0.0244.